The molecule has 0 fully saturated rings. The van der Waals surface area contributed by atoms with Crippen LogP contribution >= 0.6 is 0 Å². The molecule has 0 aliphatic carbocycles. The van der Waals surface area contributed by atoms with E-state index >= 15 is 0 Å². The van der Waals surface area contributed by atoms with Gasteiger partial charge in [-0.3, -0.25) is 0 Å². The van der Waals surface area contributed by atoms with Crippen LogP contribution in [0.5, 0.6) is 11.5 Å². The number of rotatable bonds is 2. The van der Waals surface area contributed by atoms with Crippen molar-refractivity contribution in [1.82, 2.24) is 0 Å². The summed E-state index contributed by atoms with van der Waals surface area (Å²) in [5.41, 5.74) is -0.668. The Morgan fingerprint density at radius 1 is 0.739 bits per heavy atom. The van der Waals surface area contributed by atoms with Gasteiger partial charge in [-0.1, -0.05) is 0 Å². The Bertz CT molecular complexity index is 710. The van der Waals surface area contributed by atoms with Gasteiger partial charge < -0.3 is 20.8 Å². The molecule has 0 atom stereocenters. The Kier molecular flexibility index (Phi) is 6.00. The monoisotopic (exact) mass is 336 g/mol. The summed E-state index contributed by atoms with van der Waals surface area (Å²) in [4.78, 5) is 0. The van der Waals surface area contributed by atoms with Crippen LogP contribution in [0.2, 0.25) is 0 Å². The molecule has 0 saturated heterocycles. The van der Waals surface area contributed by atoms with Gasteiger partial charge in [0.15, 0.2) is 29.0 Å². The molecule has 0 amide bonds. The molecule has 2 aromatic carbocycles. The van der Waals surface area contributed by atoms with Crippen LogP contribution in [0.15, 0.2) is 18.2 Å². The van der Waals surface area contributed by atoms with Crippen molar-refractivity contribution in [1.29, 1.82) is 0 Å². The highest BCUT2D eigenvalue weighted by molar-refractivity contribution is 5.57. The zero-order valence-electron chi connectivity index (χ0n) is 12.0. The predicted molar refractivity (Wildman–Crippen MR) is 75.1 cm³/mol. The van der Waals surface area contributed by atoms with Gasteiger partial charge in [0.1, 0.15) is 22.9 Å². The van der Waals surface area contributed by atoms with Gasteiger partial charge in [-0.25, -0.2) is 22.0 Å². The van der Waals surface area contributed by atoms with Crippen LogP contribution in [0.3, 0.4) is 0 Å². The number of aromatic hydroxyl groups is 2. The molecule has 0 aliphatic heterocycles. The van der Waals surface area contributed by atoms with Crippen molar-refractivity contribution < 1.29 is 32.2 Å². The standard InChI is InChI=1S/C7H6F3NO.C7H7F2NO/c1-11-7-4(12)2-3(8)5(9)6(7)10;1-10-6-4(8)2-3-5(9)7(6)11/h2,11-12H,1H3;2-3,10-11H,1H3. The number of phenols is 2. The van der Waals surface area contributed by atoms with Crippen LogP contribution in [-0.4, -0.2) is 24.3 Å². The molecule has 4 N–H and O–H groups in total. The first kappa shape index (κ1) is 18.3. The molecule has 0 radical (unpaired) electrons. The highest BCUT2D eigenvalue weighted by Crippen LogP contribution is 2.29. The molecule has 0 saturated carbocycles. The maximum atomic E-state index is 12.7. The van der Waals surface area contributed by atoms with Gasteiger partial charge in [0.05, 0.1) is 0 Å². The highest BCUT2D eigenvalue weighted by atomic mass is 19.2. The molecule has 0 aliphatic rings. The highest BCUT2D eigenvalue weighted by Gasteiger charge is 2.16. The average Bonchev–Trinajstić information content (AvgIpc) is 2.51. The summed E-state index contributed by atoms with van der Waals surface area (Å²) in [5, 5.41) is 22.3. The van der Waals surface area contributed by atoms with E-state index in [1.807, 2.05) is 0 Å². The predicted octanol–water partition coefficient (Wildman–Crippen LogP) is 3.56. The molecule has 0 bridgehead atoms. The Hall–Kier alpha value is -2.71. The fourth-order valence-corrected chi connectivity index (χ4v) is 1.60. The van der Waals surface area contributed by atoms with E-state index in [1.165, 1.54) is 14.1 Å². The van der Waals surface area contributed by atoms with Crippen LogP contribution in [-0.2, 0) is 0 Å². The Morgan fingerprint density at radius 3 is 1.74 bits per heavy atom. The Balaban J connectivity index is 0.000000231. The lowest BCUT2D eigenvalue weighted by molar-refractivity contribution is 0.423. The molecule has 0 heterocycles. The topological polar surface area (TPSA) is 64.5 Å². The van der Waals surface area contributed by atoms with Crippen molar-refractivity contribution in [3.05, 3.63) is 47.3 Å². The van der Waals surface area contributed by atoms with E-state index in [-0.39, 0.29) is 5.69 Å². The smallest absolute Gasteiger partial charge is 0.196 e. The normalized spacial score (nSPS) is 9.87. The van der Waals surface area contributed by atoms with Crippen molar-refractivity contribution in [2.24, 2.45) is 0 Å². The van der Waals surface area contributed by atoms with Crippen LogP contribution in [0.1, 0.15) is 0 Å². The summed E-state index contributed by atoms with van der Waals surface area (Å²) in [6.45, 7) is 0. The molecule has 0 unspecified atom stereocenters. The summed E-state index contributed by atoms with van der Waals surface area (Å²) in [6.07, 6.45) is 0. The molecular formula is C14H13F5N2O2. The van der Waals surface area contributed by atoms with Gasteiger partial charge in [-0.15, -0.1) is 0 Å². The van der Waals surface area contributed by atoms with Crippen LogP contribution < -0.4 is 10.6 Å². The van der Waals surface area contributed by atoms with E-state index in [0.29, 0.717) is 6.07 Å². The second kappa shape index (κ2) is 7.52. The third-order valence-corrected chi connectivity index (χ3v) is 2.72. The second-order valence-corrected chi connectivity index (χ2v) is 4.13. The number of hydrogen-bond donors (Lipinski definition) is 4. The summed E-state index contributed by atoms with van der Waals surface area (Å²) in [6, 6.07) is 2.32. The number of benzene rings is 2. The summed E-state index contributed by atoms with van der Waals surface area (Å²) in [5.74, 6) is -7.29. The van der Waals surface area contributed by atoms with E-state index in [2.05, 4.69) is 10.6 Å². The zero-order valence-corrected chi connectivity index (χ0v) is 12.0. The minimum Gasteiger partial charge on any atom is -0.506 e. The average molecular weight is 336 g/mol. The first-order valence-electron chi connectivity index (χ1n) is 6.13. The van der Waals surface area contributed by atoms with Crippen molar-refractivity contribution in [3.8, 4) is 11.5 Å². The van der Waals surface area contributed by atoms with Crippen molar-refractivity contribution in [2.75, 3.05) is 24.7 Å². The first-order chi connectivity index (χ1) is 10.7. The van der Waals surface area contributed by atoms with E-state index in [9.17, 15) is 22.0 Å². The van der Waals surface area contributed by atoms with E-state index in [1.54, 1.807) is 0 Å². The molecule has 4 nitrogen and oxygen atoms in total. The lowest BCUT2D eigenvalue weighted by Crippen LogP contribution is -1.98. The molecule has 2 rings (SSSR count). The van der Waals surface area contributed by atoms with Gasteiger partial charge in [0, 0.05) is 20.2 Å². The number of hydrogen-bond acceptors (Lipinski definition) is 4. The third-order valence-electron chi connectivity index (χ3n) is 2.72. The number of anilines is 2. The molecule has 0 aromatic heterocycles. The Morgan fingerprint density at radius 2 is 1.26 bits per heavy atom. The second-order valence-electron chi connectivity index (χ2n) is 4.13. The Labute approximate surface area is 128 Å². The summed E-state index contributed by atoms with van der Waals surface area (Å²) in [7, 11) is 2.69. The fraction of sp³-hybridized carbons (Fsp3) is 0.143. The largest absolute Gasteiger partial charge is 0.506 e. The molecule has 23 heavy (non-hydrogen) atoms. The first-order valence-corrected chi connectivity index (χ1v) is 6.13. The number of nitrogens with one attached hydrogen (secondary N) is 2. The number of halogens is 5. The zero-order chi connectivity index (χ0) is 17.7. The van der Waals surface area contributed by atoms with Gasteiger partial charge in [0.25, 0.3) is 0 Å². The van der Waals surface area contributed by atoms with Gasteiger partial charge in [-0.05, 0) is 12.1 Å². The minimum atomic E-state index is -1.60. The lowest BCUT2D eigenvalue weighted by atomic mass is 10.2. The van der Waals surface area contributed by atoms with Gasteiger partial charge in [0.2, 0.25) is 0 Å². The van der Waals surface area contributed by atoms with E-state index in [4.69, 9.17) is 10.2 Å². The van der Waals surface area contributed by atoms with Crippen LogP contribution in [0, 0.1) is 29.1 Å². The van der Waals surface area contributed by atoms with Gasteiger partial charge >= 0.3 is 0 Å². The number of phenolic OH excluding ortho intramolecular Hbond substituents is 2. The fourth-order valence-electron chi connectivity index (χ4n) is 1.60. The SMILES string of the molecule is CNc1c(F)ccc(F)c1O.CNc1c(O)cc(F)c(F)c1F. The van der Waals surface area contributed by atoms with E-state index in [0.717, 1.165) is 12.1 Å². The minimum absolute atomic E-state index is 0.218. The lowest BCUT2D eigenvalue weighted by Gasteiger charge is -2.05. The molecule has 9 heteroatoms. The summed E-state index contributed by atoms with van der Waals surface area (Å²) < 4.78 is 62.6. The summed E-state index contributed by atoms with van der Waals surface area (Å²) >= 11 is 0. The van der Waals surface area contributed by atoms with Crippen molar-refractivity contribution >= 4 is 11.4 Å². The van der Waals surface area contributed by atoms with E-state index < -0.39 is 46.3 Å². The molecule has 0 spiro atoms. The molecule has 126 valence electrons. The molecular weight excluding hydrogens is 323 g/mol. The molecule has 2 aromatic rings. The van der Waals surface area contributed by atoms with Crippen molar-refractivity contribution in [3.63, 3.8) is 0 Å². The maximum absolute atomic E-state index is 12.7. The van der Waals surface area contributed by atoms with Gasteiger partial charge in [-0.2, -0.15) is 0 Å². The van der Waals surface area contributed by atoms with Crippen molar-refractivity contribution in [2.45, 2.75) is 0 Å². The third kappa shape index (κ3) is 3.93. The maximum Gasteiger partial charge on any atom is 0.196 e. The van der Waals surface area contributed by atoms with Crippen LogP contribution in [0.4, 0.5) is 33.3 Å². The quantitative estimate of drug-likeness (QED) is 0.385. The van der Waals surface area contributed by atoms with Crippen LogP contribution in [0.25, 0.3) is 0 Å².